The normalized spacial score (nSPS) is 27.6. The van der Waals surface area contributed by atoms with E-state index in [2.05, 4.69) is 0 Å². The van der Waals surface area contributed by atoms with Crippen molar-refractivity contribution >= 4 is 35.4 Å². The number of amides is 2. The van der Waals surface area contributed by atoms with Crippen LogP contribution < -0.4 is 4.90 Å². The first-order chi connectivity index (χ1) is 15.2. The largest absolute Gasteiger partial charge is 0.462 e. The molecule has 0 N–H and O–H groups in total. The Balaban J connectivity index is 1.71. The van der Waals surface area contributed by atoms with Crippen LogP contribution in [-0.4, -0.2) is 54.3 Å². The molecule has 1 aromatic rings. The topological polar surface area (TPSA) is 126 Å². The summed E-state index contributed by atoms with van der Waals surface area (Å²) < 4.78 is 21.2. The molecule has 2 fully saturated rings. The molecule has 10 nitrogen and oxygen atoms in total. The fourth-order valence-corrected chi connectivity index (χ4v) is 4.46. The van der Waals surface area contributed by atoms with Crippen molar-refractivity contribution in [2.75, 3.05) is 11.5 Å². The number of rotatable bonds is 6. The first-order valence-corrected chi connectivity index (χ1v) is 10.1. The first-order valence-electron chi connectivity index (χ1n) is 10.1. The molecule has 168 valence electrons. The zero-order valence-electron chi connectivity index (χ0n) is 17.6. The van der Waals surface area contributed by atoms with Gasteiger partial charge in [0.2, 0.25) is 11.8 Å². The van der Waals surface area contributed by atoms with Crippen molar-refractivity contribution < 1.29 is 42.9 Å². The quantitative estimate of drug-likeness (QED) is 0.275. The molecule has 4 atom stereocenters. The van der Waals surface area contributed by atoms with Crippen LogP contribution in [0.2, 0.25) is 0 Å². The van der Waals surface area contributed by atoms with E-state index in [4.69, 9.17) is 18.9 Å². The molecule has 0 spiro atoms. The maximum absolute atomic E-state index is 13.5. The predicted molar refractivity (Wildman–Crippen MR) is 106 cm³/mol. The number of imide groups is 1. The van der Waals surface area contributed by atoms with Gasteiger partial charge in [0.15, 0.2) is 5.60 Å². The van der Waals surface area contributed by atoms with E-state index in [1.807, 2.05) is 0 Å². The average Bonchev–Trinajstić information content (AvgIpc) is 3.38. The van der Waals surface area contributed by atoms with Crippen molar-refractivity contribution in [3.63, 3.8) is 0 Å². The van der Waals surface area contributed by atoms with Crippen LogP contribution in [0.5, 0.6) is 0 Å². The first kappa shape index (κ1) is 21.7. The van der Waals surface area contributed by atoms with E-state index in [0.29, 0.717) is 0 Å². The average molecular weight is 443 g/mol. The second-order valence-electron chi connectivity index (χ2n) is 7.63. The SMILES string of the molecule is CCOC(=O)c1cccc(N2C(=O)[C@@H]3[C@@H](C2=O)[C@]2(C(OC(C)=O)OC(C)=O)C=C[C@H]3O2)c1. The number of hydrogen-bond donors (Lipinski definition) is 0. The van der Waals surface area contributed by atoms with Crippen LogP contribution in [0.1, 0.15) is 31.1 Å². The Morgan fingerprint density at radius 1 is 1.12 bits per heavy atom. The van der Waals surface area contributed by atoms with Crippen LogP contribution in [0.3, 0.4) is 0 Å². The summed E-state index contributed by atoms with van der Waals surface area (Å²) in [6.07, 6.45) is 0.781. The number of esters is 3. The Morgan fingerprint density at radius 3 is 2.44 bits per heavy atom. The van der Waals surface area contributed by atoms with E-state index in [0.717, 1.165) is 18.7 Å². The monoisotopic (exact) mass is 443 g/mol. The smallest absolute Gasteiger partial charge is 0.338 e. The van der Waals surface area contributed by atoms with E-state index in [1.54, 1.807) is 13.0 Å². The van der Waals surface area contributed by atoms with E-state index in [9.17, 15) is 24.0 Å². The maximum atomic E-state index is 13.5. The molecule has 0 aliphatic carbocycles. The second kappa shape index (κ2) is 7.86. The fraction of sp³-hybridized carbons (Fsp3) is 0.409. The molecule has 0 saturated carbocycles. The molecular formula is C22H21NO9. The molecule has 3 heterocycles. The summed E-state index contributed by atoms with van der Waals surface area (Å²) >= 11 is 0. The van der Waals surface area contributed by atoms with Gasteiger partial charge in [-0.15, -0.1) is 0 Å². The molecule has 0 unspecified atom stereocenters. The van der Waals surface area contributed by atoms with Crippen LogP contribution in [0.15, 0.2) is 36.4 Å². The van der Waals surface area contributed by atoms with Crippen molar-refractivity contribution in [1.82, 2.24) is 0 Å². The fourth-order valence-electron chi connectivity index (χ4n) is 4.46. The van der Waals surface area contributed by atoms with Crippen molar-refractivity contribution in [3.8, 4) is 0 Å². The molecule has 32 heavy (non-hydrogen) atoms. The molecule has 2 bridgehead atoms. The highest BCUT2D eigenvalue weighted by Gasteiger charge is 2.72. The molecular weight excluding hydrogens is 422 g/mol. The third-order valence-corrected chi connectivity index (χ3v) is 5.61. The number of carbonyl (C=O) groups is 5. The highest BCUT2D eigenvalue weighted by atomic mass is 16.7. The van der Waals surface area contributed by atoms with Gasteiger partial charge in [0.05, 0.1) is 35.8 Å². The van der Waals surface area contributed by atoms with Crippen LogP contribution in [0.25, 0.3) is 0 Å². The van der Waals surface area contributed by atoms with E-state index < -0.39 is 59.6 Å². The van der Waals surface area contributed by atoms with E-state index >= 15 is 0 Å². The van der Waals surface area contributed by atoms with Crippen molar-refractivity contribution in [2.45, 2.75) is 38.8 Å². The lowest BCUT2D eigenvalue weighted by molar-refractivity contribution is -0.226. The van der Waals surface area contributed by atoms with Crippen molar-refractivity contribution in [2.24, 2.45) is 11.8 Å². The third-order valence-electron chi connectivity index (χ3n) is 5.61. The second-order valence-corrected chi connectivity index (χ2v) is 7.63. The maximum Gasteiger partial charge on any atom is 0.338 e. The van der Waals surface area contributed by atoms with Crippen molar-refractivity contribution in [3.05, 3.63) is 42.0 Å². The molecule has 10 heteroatoms. The Bertz CT molecular complexity index is 1030. The van der Waals surface area contributed by atoms with Crippen molar-refractivity contribution in [1.29, 1.82) is 0 Å². The number of anilines is 1. The zero-order valence-corrected chi connectivity index (χ0v) is 17.6. The van der Waals surface area contributed by atoms with Gasteiger partial charge in [-0.2, -0.15) is 0 Å². The third kappa shape index (κ3) is 3.27. The number of ether oxygens (including phenoxy) is 4. The minimum atomic E-state index is -1.63. The van der Waals surface area contributed by atoms with Crippen LogP contribution in [0.4, 0.5) is 5.69 Å². The van der Waals surface area contributed by atoms with E-state index in [1.165, 1.54) is 30.3 Å². The van der Waals surface area contributed by atoms with Crippen LogP contribution in [0, 0.1) is 11.8 Å². The molecule has 2 saturated heterocycles. The summed E-state index contributed by atoms with van der Waals surface area (Å²) in [5.41, 5.74) is -1.25. The summed E-state index contributed by atoms with van der Waals surface area (Å²) in [6.45, 7) is 4.10. The summed E-state index contributed by atoms with van der Waals surface area (Å²) in [4.78, 5) is 63.1. The number of benzene rings is 1. The van der Waals surface area contributed by atoms with Gasteiger partial charge in [0.1, 0.15) is 0 Å². The van der Waals surface area contributed by atoms with Gasteiger partial charge in [-0.3, -0.25) is 19.2 Å². The van der Waals surface area contributed by atoms with Crippen LogP contribution in [-0.2, 0) is 38.1 Å². The molecule has 3 aliphatic rings. The molecule has 3 aliphatic heterocycles. The van der Waals surface area contributed by atoms with Gasteiger partial charge in [-0.25, -0.2) is 9.69 Å². The summed E-state index contributed by atoms with van der Waals surface area (Å²) in [5.74, 6) is -5.19. The predicted octanol–water partition coefficient (Wildman–Crippen LogP) is 1.13. The lowest BCUT2D eigenvalue weighted by atomic mass is 9.76. The minimum Gasteiger partial charge on any atom is -0.462 e. The Morgan fingerprint density at radius 2 is 1.81 bits per heavy atom. The Labute approximate surface area is 183 Å². The summed E-state index contributed by atoms with van der Waals surface area (Å²) in [6, 6.07) is 5.97. The Kier molecular flexibility index (Phi) is 5.33. The number of fused-ring (bicyclic) bond motifs is 5. The van der Waals surface area contributed by atoms with E-state index in [-0.39, 0.29) is 17.9 Å². The lowest BCUT2D eigenvalue weighted by Gasteiger charge is -2.34. The summed E-state index contributed by atoms with van der Waals surface area (Å²) in [7, 11) is 0. The standard InChI is InChI=1S/C22H21NO9/c1-4-29-20(28)13-6-5-7-14(10-13)23-18(26)16-15-8-9-22(32-15,17(16)19(23)27)21(30-11(2)24)31-12(3)25/h5-10,15-17,21H,4H2,1-3H3/t15-,16+,17+,22+/m1/s1. The zero-order chi connectivity index (χ0) is 23.2. The highest BCUT2D eigenvalue weighted by Crippen LogP contribution is 2.54. The minimum absolute atomic E-state index is 0.176. The molecule has 0 aromatic heterocycles. The summed E-state index contributed by atoms with van der Waals surface area (Å²) in [5, 5.41) is 0. The number of nitrogens with zero attached hydrogens (tertiary/aromatic N) is 1. The number of carbonyl (C=O) groups excluding carboxylic acids is 5. The molecule has 1 aromatic carbocycles. The van der Waals surface area contributed by atoms with Gasteiger partial charge >= 0.3 is 17.9 Å². The van der Waals surface area contributed by atoms with Gasteiger partial charge in [0.25, 0.3) is 6.29 Å². The van der Waals surface area contributed by atoms with Crippen LogP contribution >= 0.6 is 0 Å². The number of hydrogen-bond acceptors (Lipinski definition) is 9. The molecule has 2 amide bonds. The molecule has 0 radical (unpaired) electrons. The highest BCUT2D eigenvalue weighted by molar-refractivity contribution is 6.23. The van der Waals surface area contributed by atoms with Gasteiger partial charge in [0, 0.05) is 13.8 Å². The van der Waals surface area contributed by atoms with Gasteiger partial charge in [-0.1, -0.05) is 12.1 Å². The lowest BCUT2D eigenvalue weighted by Crippen LogP contribution is -2.52. The van der Waals surface area contributed by atoms with Gasteiger partial charge < -0.3 is 18.9 Å². The molecule has 4 rings (SSSR count). The van der Waals surface area contributed by atoms with Gasteiger partial charge in [-0.05, 0) is 31.2 Å². The Hall–Kier alpha value is -3.53.